The van der Waals surface area contributed by atoms with Gasteiger partial charge in [-0.3, -0.25) is 4.90 Å². The normalized spacial score (nSPS) is 17.9. The molecule has 130 valence electrons. The number of methoxy groups -OCH3 is 2. The summed E-state index contributed by atoms with van der Waals surface area (Å²) in [4.78, 5) is 2.43. The van der Waals surface area contributed by atoms with Crippen LogP contribution in [0.2, 0.25) is 0 Å². The Hall–Kier alpha value is -3.02. The Kier molecular flexibility index (Phi) is 4.03. The summed E-state index contributed by atoms with van der Waals surface area (Å²) in [6.45, 7) is 1.72. The second kappa shape index (κ2) is 6.37. The summed E-state index contributed by atoms with van der Waals surface area (Å²) in [5.74, 6) is 1.57. The molecule has 0 spiro atoms. The van der Waals surface area contributed by atoms with Crippen molar-refractivity contribution in [2.24, 2.45) is 0 Å². The molecule has 0 radical (unpaired) electrons. The molecule has 0 saturated heterocycles. The van der Waals surface area contributed by atoms with Crippen LogP contribution in [0.15, 0.2) is 24.3 Å². The number of rotatable bonds is 2. The summed E-state index contributed by atoms with van der Waals surface area (Å²) in [5.41, 5.74) is 5.73. The standard InChI is InChI=1S/C21H19N3O2/c1-25-20-4-3-13-9-19-17-8-16(11-23)15(10-22)7-14(17)5-6-24(19)12-18(13)21(20)26-2/h3-4,7-8,19H,5-6,9,12H2,1-2H3. The molecule has 5 nitrogen and oxygen atoms in total. The van der Waals surface area contributed by atoms with Gasteiger partial charge >= 0.3 is 0 Å². The van der Waals surface area contributed by atoms with E-state index in [4.69, 9.17) is 9.47 Å². The Morgan fingerprint density at radius 1 is 1.04 bits per heavy atom. The van der Waals surface area contributed by atoms with Gasteiger partial charge in [-0.05, 0) is 47.7 Å². The quantitative estimate of drug-likeness (QED) is 0.836. The smallest absolute Gasteiger partial charge is 0.165 e. The number of nitriles is 2. The highest BCUT2D eigenvalue weighted by Gasteiger charge is 2.34. The van der Waals surface area contributed by atoms with Gasteiger partial charge in [0.05, 0.1) is 25.3 Å². The van der Waals surface area contributed by atoms with Crippen LogP contribution in [0.25, 0.3) is 0 Å². The lowest BCUT2D eigenvalue weighted by Crippen LogP contribution is -2.39. The van der Waals surface area contributed by atoms with Crippen molar-refractivity contribution >= 4 is 0 Å². The van der Waals surface area contributed by atoms with Crippen LogP contribution in [-0.4, -0.2) is 25.7 Å². The van der Waals surface area contributed by atoms with E-state index in [9.17, 15) is 10.5 Å². The van der Waals surface area contributed by atoms with Crippen LogP contribution in [-0.2, 0) is 19.4 Å². The first-order valence-electron chi connectivity index (χ1n) is 8.64. The molecular formula is C21H19N3O2. The summed E-state index contributed by atoms with van der Waals surface area (Å²) < 4.78 is 11.1. The summed E-state index contributed by atoms with van der Waals surface area (Å²) in [6.07, 6.45) is 1.74. The van der Waals surface area contributed by atoms with Gasteiger partial charge in [0.15, 0.2) is 11.5 Å². The van der Waals surface area contributed by atoms with Gasteiger partial charge in [-0.1, -0.05) is 6.07 Å². The molecule has 0 aliphatic carbocycles. The minimum atomic E-state index is 0.226. The third-order valence-electron chi connectivity index (χ3n) is 5.51. The molecule has 26 heavy (non-hydrogen) atoms. The fourth-order valence-electron chi connectivity index (χ4n) is 4.23. The highest BCUT2D eigenvalue weighted by atomic mass is 16.5. The van der Waals surface area contributed by atoms with Crippen LogP contribution in [0.3, 0.4) is 0 Å². The molecule has 0 N–H and O–H groups in total. The monoisotopic (exact) mass is 345 g/mol. The van der Waals surface area contributed by atoms with Gasteiger partial charge in [-0.25, -0.2) is 0 Å². The van der Waals surface area contributed by atoms with Crippen LogP contribution >= 0.6 is 0 Å². The second-order valence-electron chi connectivity index (χ2n) is 6.70. The first-order chi connectivity index (χ1) is 12.7. The molecule has 0 amide bonds. The number of hydrogen-bond acceptors (Lipinski definition) is 5. The maximum Gasteiger partial charge on any atom is 0.165 e. The largest absolute Gasteiger partial charge is 0.493 e. The predicted molar refractivity (Wildman–Crippen MR) is 96.0 cm³/mol. The maximum atomic E-state index is 9.39. The lowest BCUT2D eigenvalue weighted by atomic mass is 9.82. The Labute approximate surface area is 153 Å². The summed E-state index contributed by atoms with van der Waals surface area (Å²) in [7, 11) is 3.33. The van der Waals surface area contributed by atoms with E-state index < -0.39 is 0 Å². The van der Waals surface area contributed by atoms with Gasteiger partial charge < -0.3 is 9.47 Å². The molecule has 2 aromatic rings. The zero-order chi connectivity index (χ0) is 18.3. The number of hydrogen-bond donors (Lipinski definition) is 0. The van der Waals surface area contributed by atoms with Crippen molar-refractivity contribution in [1.82, 2.24) is 4.90 Å². The summed E-state index contributed by atoms with van der Waals surface area (Å²) >= 11 is 0. The van der Waals surface area contributed by atoms with Gasteiger partial charge in [-0.2, -0.15) is 10.5 Å². The van der Waals surface area contributed by atoms with Gasteiger partial charge in [0.25, 0.3) is 0 Å². The maximum absolute atomic E-state index is 9.39. The molecule has 0 fully saturated rings. The van der Waals surface area contributed by atoms with E-state index in [1.807, 2.05) is 18.2 Å². The van der Waals surface area contributed by atoms with Crippen molar-refractivity contribution in [2.75, 3.05) is 20.8 Å². The van der Waals surface area contributed by atoms with Gasteiger partial charge in [0, 0.05) is 24.7 Å². The molecule has 1 atom stereocenters. The van der Waals surface area contributed by atoms with Crippen LogP contribution in [0.4, 0.5) is 0 Å². The van der Waals surface area contributed by atoms with Crippen LogP contribution in [0, 0.1) is 22.7 Å². The number of nitrogens with zero attached hydrogens (tertiary/aromatic N) is 3. The lowest BCUT2D eigenvalue weighted by molar-refractivity contribution is 0.158. The summed E-state index contributed by atoms with van der Waals surface area (Å²) in [5, 5.41) is 18.7. The molecule has 0 bridgehead atoms. The van der Waals surface area contributed by atoms with Crippen molar-refractivity contribution in [1.29, 1.82) is 10.5 Å². The topological polar surface area (TPSA) is 69.3 Å². The molecule has 4 rings (SSSR count). The molecule has 0 aromatic heterocycles. The van der Waals surface area contributed by atoms with E-state index in [1.165, 1.54) is 22.3 Å². The Bertz CT molecular complexity index is 969. The van der Waals surface area contributed by atoms with E-state index in [-0.39, 0.29) is 6.04 Å². The van der Waals surface area contributed by atoms with E-state index in [0.29, 0.717) is 11.1 Å². The van der Waals surface area contributed by atoms with Crippen molar-refractivity contribution in [3.63, 3.8) is 0 Å². The van der Waals surface area contributed by atoms with Crippen LogP contribution in [0.5, 0.6) is 11.5 Å². The third kappa shape index (κ3) is 2.41. The van der Waals surface area contributed by atoms with Crippen molar-refractivity contribution in [3.8, 4) is 23.6 Å². The highest BCUT2D eigenvalue weighted by molar-refractivity contribution is 5.55. The molecular weight excluding hydrogens is 326 g/mol. The lowest BCUT2D eigenvalue weighted by Gasteiger charge is -2.42. The highest BCUT2D eigenvalue weighted by Crippen LogP contribution is 2.44. The number of benzene rings is 2. The van der Waals surface area contributed by atoms with Gasteiger partial charge in [0.1, 0.15) is 12.1 Å². The average molecular weight is 345 g/mol. The van der Waals surface area contributed by atoms with Crippen molar-refractivity contribution in [2.45, 2.75) is 25.4 Å². The zero-order valence-electron chi connectivity index (χ0n) is 14.9. The fraction of sp³-hybridized carbons (Fsp3) is 0.333. The average Bonchev–Trinajstić information content (AvgIpc) is 2.70. The van der Waals surface area contributed by atoms with E-state index in [0.717, 1.165) is 37.4 Å². The molecule has 2 heterocycles. The predicted octanol–water partition coefficient (Wildman–Crippen LogP) is 3.10. The van der Waals surface area contributed by atoms with Crippen molar-refractivity contribution < 1.29 is 9.47 Å². The second-order valence-corrected chi connectivity index (χ2v) is 6.70. The van der Waals surface area contributed by atoms with E-state index in [2.05, 4.69) is 23.1 Å². The molecule has 0 saturated carbocycles. The molecule has 2 aliphatic heterocycles. The molecule has 2 aliphatic rings. The van der Waals surface area contributed by atoms with Gasteiger partial charge in [-0.15, -0.1) is 0 Å². The molecule has 2 aromatic carbocycles. The fourth-order valence-corrected chi connectivity index (χ4v) is 4.23. The van der Waals surface area contributed by atoms with Crippen LogP contribution < -0.4 is 9.47 Å². The van der Waals surface area contributed by atoms with Gasteiger partial charge in [0.2, 0.25) is 0 Å². The SMILES string of the molecule is COc1ccc2c(c1OC)CN1CCc3cc(C#N)c(C#N)cc3C1C2. The first-order valence-corrected chi connectivity index (χ1v) is 8.64. The number of fused-ring (bicyclic) bond motifs is 4. The minimum Gasteiger partial charge on any atom is -0.493 e. The van der Waals surface area contributed by atoms with Crippen molar-refractivity contribution in [3.05, 3.63) is 57.6 Å². The van der Waals surface area contributed by atoms with E-state index in [1.54, 1.807) is 14.2 Å². The van der Waals surface area contributed by atoms with E-state index >= 15 is 0 Å². The number of ether oxygens (including phenoxy) is 2. The Morgan fingerprint density at radius 3 is 2.50 bits per heavy atom. The third-order valence-corrected chi connectivity index (χ3v) is 5.51. The Balaban J connectivity index is 1.79. The zero-order valence-corrected chi connectivity index (χ0v) is 14.9. The molecule has 1 unspecified atom stereocenters. The van der Waals surface area contributed by atoms with Crippen LogP contribution in [0.1, 0.15) is 39.4 Å². The molecule has 5 heteroatoms. The minimum absolute atomic E-state index is 0.226. The Morgan fingerprint density at radius 2 is 1.81 bits per heavy atom. The first kappa shape index (κ1) is 16.4. The summed E-state index contributed by atoms with van der Waals surface area (Å²) in [6, 6.07) is 12.4.